The number of nitrogens with one attached hydrogen (secondary N) is 1. The van der Waals surface area contributed by atoms with Gasteiger partial charge < -0.3 is 10.2 Å². The Hall–Kier alpha value is -2.86. The maximum atomic E-state index is 12.5. The van der Waals surface area contributed by atoms with Gasteiger partial charge in [0.15, 0.2) is 0 Å². The highest BCUT2D eigenvalue weighted by Crippen LogP contribution is 2.34. The Balaban J connectivity index is 2.04. The number of hydrogen-bond donors (Lipinski definition) is 1. The summed E-state index contributed by atoms with van der Waals surface area (Å²) in [5.41, 5.74) is 2.89. The van der Waals surface area contributed by atoms with Gasteiger partial charge in [0, 0.05) is 37.3 Å². The van der Waals surface area contributed by atoms with Crippen molar-refractivity contribution < 1.29 is 18.0 Å². The lowest BCUT2D eigenvalue weighted by Crippen LogP contribution is -2.51. The second kappa shape index (κ2) is 9.74. The van der Waals surface area contributed by atoms with Crippen LogP contribution in [-0.2, 0) is 19.6 Å². The van der Waals surface area contributed by atoms with Crippen LogP contribution in [0.2, 0.25) is 5.02 Å². The average Bonchev–Trinajstić information content (AvgIpc) is 2.72. The van der Waals surface area contributed by atoms with E-state index in [1.165, 1.54) is 11.2 Å². The normalized spacial score (nSPS) is 16.8. The van der Waals surface area contributed by atoms with Gasteiger partial charge in [-0.15, -0.1) is 0 Å². The highest BCUT2D eigenvalue weighted by atomic mass is 35.5. The zero-order valence-corrected chi connectivity index (χ0v) is 19.6. The lowest BCUT2D eigenvalue weighted by atomic mass is 9.97. The molecule has 0 saturated carbocycles. The van der Waals surface area contributed by atoms with Crippen LogP contribution in [0.5, 0.6) is 0 Å². The van der Waals surface area contributed by atoms with E-state index in [-0.39, 0.29) is 31.4 Å². The van der Waals surface area contributed by atoms with Gasteiger partial charge in [-0.05, 0) is 59.9 Å². The van der Waals surface area contributed by atoms with E-state index in [0.717, 1.165) is 17.4 Å². The third-order valence-electron chi connectivity index (χ3n) is 5.10. The Kier molecular flexibility index (Phi) is 7.24. The van der Waals surface area contributed by atoms with Crippen molar-refractivity contribution in [3.05, 3.63) is 53.1 Å². The maximum absolute atomic E-state index is 12.5. The number of nitrogens with zero attached hydrogens (tertiary/aromatic N) is 2. The molecular formula is C23H24ClN3O4S. The standard InChI is InChI=1S/C23H24ClN3O4S/c1-4-6-23(29)26-9-10-27(32(3,30)31)22(15-26)19-11-18(12-20(24)13-19)17-7-5-8-21(14-17)25-16(2)28/h5,7-8,11-14,22H,9-10,15H2,1-3H3,(H,25,28). The monoisotopic (exact) mass is 473 g/mol. The molecule has 2 amide bonds. The van der Waals surface area contributed by atoms with Gasteiger partial charge in [-0.2, -0.15) is 4.31 Å². The highest BCUT2D eigenvalue weighted by Gasteiger charge is 2.35. The van der Waals surface area contributed by atoms with Gasteiger partial charge in [0.05, 0.1) is 12.3 Å². The van der Waals surface area contributed by atoms with E-state index in [4.69, 9.17) is 11.6 Å². The Morgan fingerprint density at radius 3 is 2.53 bits per heavy atom. The fourth-order valence-corrected chi connectivity index (χ4v) is 5.06. The summed E-state index contributed by atoms with van der Waals surface area (Å²) in [5.74, 6) is 4.60. The van der Waals surface area contributed by atoms with E-state index in [2.05, 4.69) is 17.2 Å². The van der Waals surface area contributed by atoms with Crippen LogP contribution in [0.15, 0.2) is 42.5 Å². The number of carbonyl (C=O) groups excluding carboxylic acids is 2. The second-order valence-electron chi connectivity index (χ2n) is 7.55. The van der Waals surface area contributed by atoms with Gasteiger partial charge in [-0.3, -0.25) is 9.59 Å². The molecule has 2 aromatic carbocycles. The van der Waals surface area contributed by atoms with E-state index >= 15 is 0 Å². The van der Waals surface area contributed by atoms with Gasteiger partial charge in [-0.1, -0.05) is 29.7 Å². The van der Waals surface area contributed by atoms with Crippen LogP contribution in [0.25, 0.3) is 11.1 Å². The van der Waals surface area contributed by atoms with E-state index in [9.17, 15) is 18.0 Å². The first-order valence-electron chi connectivity index (χ1n) is 9.95. The zero-order valence-electron chi connectivity index (χ0n) is 18.1. The molecule has 2 aromatic rings. The molecule has 0 radical (unpaired) electrons. The number of rotatable bonds is 4. The van der Waals surface area contributed by atoms with Crippen LogP contribution in [-0.4, -0.2) is 55.3 Å². The predicted molar refractivity (Wildman–Crippen MR) is 126 cm³/mol. The summed E-state index contributed by atoms with van der Waals surface area (Å²) in [6.45, 7) is 3.62. The molecule has 7 nitrogen and oxygen atoms in total. The molecule has 1 aliphatic rings. The van der Waals surface area contributed by atoms with Gasteiger partial charge in [0.25, 0.3) is 5.91 Å². The lowest BCUT2D eigenvalue weighted by Gasteiger charge is -2.39. The van der Waals surface area contributed by atoms with Crippen molar-refractivity contribution in [3.8, 4) is 23.0 Å². The van der Waals surface area contributed by atoms with E-state index in [1.54, 1.807) is 30.0 Å². The average molecular weight is 474 g/mol. The summed E-state index contributed by atoms with van der Waals surface area (Å²) in [6.07, 6.45) is 1.16. The molecule has 0 spiro atoms. The topological polar surface area (TPSA) is 86.8 Å². The Morgan fingerprint density at radius 1 is 1.12 bits per heavy atom. The van der Waals surface area contributed by atoms with Crippen LogP contribution in [0.1, 0.15) is 25.5 Å². The fraction of sp³-hybridized carbons (Fsp3) is 0.304. The Labute approximate surface area is 193 Å². The van der Waals surface area contributed by atoms with Crippen molar-refractivity contribution >= 4 is 39.1 Å². The largest absolute Gasteiger partial charge is 0.329 e. The van der Waals surface area contributed by atoms with Gasteiger partial charge in [0.2, 0.25) is 15.9 Å². The van der Waals surface area contributed by atoms with Crippen molar-refractivity contribution in [3.63, 3.8) is 0 Å². The third kappa shape index (κ3) is 5.68. The summed E-state index contributed by atoms with van der Waals surface area (Å²) in [5, 5.41) is 3.19. The third-order valence-corrected chi connectivity index (χ3v) is 6.60. The number of carbonyl (C=O) groups is 2. The first-order chi connectivity index (χ1) is 15.1. The van der Waals surface area contributed by atoms with Gasteiger partial charge in [0.1, 0.15) is 0 Å². The molecule has 9 heteroatoms. The number of benzene rings is 2. The van der Waals surface area contributed by atoms with Crippen molar-refractivity contribution in [1.29, 1.82) is 0 Å². The highest BCUT2D eigenvalue weighted by molar-refractivity contribution is 7.88. The first kappa shape index (κ1) is 23.8. The molecular weight excluding hydrogens is 450 g/mol. The molecule has 1 N–H and O–H groups in total. The molecule has 1 fully saturated rings. The molecule has 0 aliphatic carbocycles. The van der Waals surface area contributed by atoms with Crippen LogP contribution in [0.3, 0.4) is 0 Å². The quantitative estimate of drug-likeness (QED) is 0.691. The molecule has 0 aromatic heterocycles. The summed E-state index contributed by atoms with van der Waals surface area (Å²) in [6, 6.07) is 12.0. The number of piperazine rings is 1. The summed E-state index contributed by atoms with van der Waals surface area (Å²) < 4.78 is 26.3. The van der Waals surface area contributed by atoms with Gasteiger partial charge in [-0.25, -0.2) is 8.42 Å². The molecule has 32 heavy (non-hydrogen) atoms. The molecule has 168 valence electrons. The SMILES string of the molecule is CC#CC(=O)N1CCN(S(C)(=O)=O)C(c2cc(Cl)cc(-c3cccc(NC(C)=O)c3)c2)C1. The van der Waals surface area contributed by atoms with Crippen molar-refractivity contribution in [1.82, 2.24) is 9.21 Å². The summed E-state index contributed by atoms with van der Waals surface area (Å²) in [7, 11) is -3.53. The zero-order chi connectivity index (χ0) is 23.5. The Bertz CT molecular complexity index is 1220. The number of hydrogen-bond acceptors (Lipinski definition) is 4. The molecule has 1 heterocycles. The number of sulfonamides is 1. The fourth-order valence-electron chi connectivity index (χ4n) is 3.76. The molecule has 1 atom stereocenters. The molecule has 1 unspecified atom stereocenters. The molecule has 1 aliphatic heterocycles. The number of halogens is 1. The number of anilines is 1. The van der Waals surface area contributed by atoms with Crippen LogP contribution in [0.4, 0.5) is 5.69 Å². The van der Waals surface area contributed by atoms with E-state index < -0.39 is 16.1 Å². The van der Waals surface area contributed by atoms with Crippen LogP contribution in [0, 0.1) is 11.8 Å². The minimum absolute atomic E-state index is 0.167. The second-order valence-corrected chi connectivity index (χ2v) is 9.92. The summed E-state index contributed by atoms with van der Waals surface area (Å²) >= 11 is 6.41. The van der Waals surface area contributed by atoms with Crippen LogP contribution < -0.4 is 5.32 Å². The minimum Gasteiger partial charge on any atom is -0.329 e. The lowest BCUT2D eigenvalue weighted by molar-refractivity contribution is -0.127. The van der Waals surface area contributed by atoms with Crippen molar-refractivity contribution in [2.75, 3.05) is 31.2 Å². The van der Waals surface area contributed by atoms with E-state index in [0.29, 0.717) is 16.3 Å². The van der Waals surface area contributed by atoms with Gasteiger partial charge >= 0.3 is 0 Å². The first-order valence-corrected chi connectivity index (χ1v) is 12.2. The van der Waals surface area contributed by atoms with E-state index in [1.807, 2.05) is 24.3 Å². The van der Waals surface area contributed by atoms with Crippen molar-refractivity contribution in [2.45, 2.75) is 19.9 Å². The van der Waals surface area contributed by atoms with Crippen LogP contribution >= 0.6 is 11.6 Å². The molecule has 0 bridgehead atoms. The molecule has 1 saturated heterocycles. The number of amides is 2. The smallest absolute Gasteiger partial charge is 0.298 e. The van der Waals surface area contributed by atoms with Crippen molar-refractivity contribution in [2.24, 2.45) is 0 Å². The maximum Gasteiger partial charge on any atom is 0.298 e. The minimum atomic E-state index is -3.53. The summed E-state index contributed by atoms with van der Waals surface area (Å²) in [4.78, 5) is 25.3. The molecule has 3 rings (SSSR count). The Morgan fingerprint density at radius 2 is 1.88 bits per heavy atom. The predicted octanol–water partition coefficient (Wildman–Crippen LogP) is 3.13.